The van der Waals surface area contributed by atoms with E-state index in [0.717, 1.165) is 0 Å². The zero-order valence-electron chi connectivity index (χ0n) is 7.16. The largest absolute Gasteiger partial charge is 0.269 e. The van der Waals surface area contributed by atoms with Gasteiger partial charge in [0.1, 0.15) is 5.38 Å². The van der Waals surface area contributed by atoms with E-state index in [1.807, 2.05) is 0 Å². The number of benzene rings is 1. The first-order valence-electron chi connectivity index (χ1n) is 3.77. The lowest BCUT2D eigenvalue weighted by atomic mass is 10.1. The number of nitro groups is 1. The van der Waals surface area contributed by atoms with E-state index < -0.39 is 14.1 Å². The van der Waals surface area contributed by atoms with Crippen molar-refractivity contribution in [3.8, 4) is 0 Å². The predicted molar refractivity (Wildman–Crippen MR) is 62.0 cm³/mol. The van der Waals surface area contributed by atoms with Crippen LogP contribution in [0.2, 0.25) is 0 Å². The molecule has 0 amide bonds. The van der Waals surface area contributed by atoms with E-state index in [-0.39, 0.29) is 5.69 Å². The predicted octanol–water partition coefficient (Wildman–Crippen LogP) is 4.24. The summed E-state index contributed by atoms with van der Waals surface area (Å²) in [5.74, 6) is 0. The summed E-state index contributed by atoms with van der Waals surface area (Å²) in [5, 5.41) is 9.56. The van der Waals surface area contributed by atoms with Crippen LogP contribution in [-0.2, 0) is 0 Å². The summed E-state index contributed by atoms with van der Waals surface area (Å²) in [6.45, 7) is 0. The number of rotatable bonds is 2. The summed E-state index contributed by atoms with van der Waals surface area (Å²) in [7, 11) is 0. The Hall–Kier alpha value is -0.220. The maximum absolute atomic E-state index is 10.5. The molecule has 1 unspecified atom stereocenters. The maximum Gasteiger partial charge on any atom is 0.269 e. The van der Waals surface area contributed by atoms with Crippen molar-refractivity contribution in [1.29, 1.82) is 0 Å². The van der Waals surface area contributed by atoms with Crippen LogP contribution in [0.3, 0.4) is 0 Å². The van der Waals surface area contributed by atoms with Crippen molar-refractivity contribution >= 4 is 52.1 Å². The molecule has 82 valence electrons. The summed E-state index contributed by atoms with van der Waals surface area (Å²) in [4.78, 5) is 9.95. The Morgan fingerprint density at radius 1 is 1.33 bits per heavy atom. The van der Waals surface area contributed by atoms with Crippen molar-refractivity contribution < 1.29 is 4.92 Å². The van der Waals surface area contributed by atoms with Gasteiger partial charge in [0.2, 0.25) is 3.79 Å². The molecule has 0 heterocycles. The number of non-ortho nitro benzene ring substituents is 1. The topological polar surface area (TPSA) is 43.1 Å². The third kappa shape index (κ3) is 3.38. The standard InChI is InChI=1S/C8H5Cl4NO2/c9-7(8(10,11)12)5-2-1-3-6(4-5)13(14)15/h1-4,7H. The molecule has 0 saturated carbocycles. The molecule has 1 atom stereocenters. The van der Waals surface area contributed by atoms with Gasteiger partial charge in [-0.2, -0.15) is 0 Å². The Bertz CT molecular complexity index is 377. The fraction of sp³-hybridized carbons (Fsp3) is 0.250. The second-order valence-corrected chi connectivity index (χ2v) is 5.56. The van der Waals surface area contributed by atoms with Crippen LogP contribution in [0.4, 0.5) is 5.69 Å². The third-order valence-corrected chi connectivity index (χ3v) is 3.23. The molecule has 1 rings (SSSR count). The van der Waals surface area contributed by atoms with Crippen LogP contribution < -0.4 is 0 Å². The number of nitro benzene ring substituents is 1. The zero-order chi connectivity index (χ0) is 11.6. The van der Waals surface area contributed by atoms with Gasteiger partial charge < -0.3 is 0 Å². The number of alkyl halides is 4. The second-order valence-electron chi connectivity index (χ2n) is 2.76. The monoisotopic (exact) mass is 287 g/mol. The summed E-state index contributed by atoms with van der Waals surface area (Å²) in [6, 6.07) is 5.66. The van der Waals surface area contributed by atoms with Gasteiger partial charge in [0, 0.05) is 12.1 Å². The summed E-state index contributed by atoms with van der Waals surface area (Å²) in [5.41, 5.74) is 0.304. The molecule has 0 radical (unpaired) electrons. The average Bonchev–Trinajstić information content (AvgIpc) is 2.15. The van der Waals surface area contributed by atoms with Crippen molar-refractivity contribution in [2.75, 3.05) is 0 Å². The van der Waals surface area contributed by atoms with Crippen LogP contribution in [0.5, 0.6) is 0 Å². The fourth-order valence-electron chi connectivity index (χ4n) is 0.985. The lowest BCUT2D eigenvalue weighted by Gasteiger charge is -2.17. The number of hydrogen-bond donors (Lipinski definition) is 0. The molecule has 0 spiro atoms. The highest BCUT2D eigenvalue weighted by atomic mass is 35.6. The van der Waals surface area contributed by atoms with E-state index in [9.17, 15) is 10.1 Å². The molecule has 0 aliphatic rings. The Morgan fingerprint density at radius 2 is 1.93 bits per heavy atom. The third-order valence-electron chi connectivity index (χ3n) is 1.66. The molecule has 0 aliphatic carbocycles. The molecule has 0 bridgehead atoms. The van der Waals surface area contributed by atoms with E-state index in [1.165, 1.54) is 18.2 Å². The second kappa shape index (κ2) is 4.74. The zero-order valence-corrected chi connectivity index (χ0v) is 10.2. The van der Waals surface area contributed by atoms with Crippen molar-refractivity contribution in [2.24, 2.45) is 0 Å². The normalized spacial score (nSPS) is 13.6. The molecular formula is C8H5Cl4NO2. The molecule has 15 heavy (non-hydrogen) atoms. The molecule has 7 heteroatoms. The van der Waals surface area contributed by atoms with Gasteiger partial charge in [-0.15, -0.1) is 11.6 Å². The lowest BCUT2D eigenvalue weighted by molar-refractivity contribution is -0.384. The number of hydrogen-bond acceptors (Lipinski definition) is 2. The quantitative estimate of drug-likeness (QED) is 0.464. The van der Waals surface area contributed by atoms with Crippen molar-refractivity contribution in [2.45, 2.75) is 9.17 Å². The SMILES string of the molecule is O=[N+]([O-])c1cccc(C(Cl)C(Cl)(Cl)Cl)c1. The summed E-state index contributed by atoms with van der Waals surface area (Å²) >= 11 is 22.6. The van der Waals surface area contributed by atoms with E-state index in [1.54, 1.807) is 6.07 Å². The van der Waals surface area contributed by atoms with Crippen molar-refractivity contribution in [1.82, 2.24) is 0 Å². The van der Waals surface area contributed by atoms with Crippen LogP contribution in [-0.4, -0.2) is 8.72 Å². The first kappa shape index (κ1) is 12.8. The van der Waals surface area contributed by atoms with E-state index in [0.29, 0.717) is 5.56 Å². The van der Waals surface area contributed by atoms with Gasteiger partial charge >= 0.3 is 0 Å². The Morgan fingerprint density at radius 3 is 2.40 bits per heavy atom. The molecule has 0 fully saturated rings. The molecule has 0 aliphatic heterocycles. The van der Waals surface area contributed by atoms with E-state index in [4.69, 9.17) is 46.4 Å². The van der Waals surface area contributed by atoms with Crippen molar-refractivity contribution in [3.05, 3.63) is 39.9 Å². The minimum atomic E-state index is -1.70. The fourth-order valence-corrected chi connectivity index (χ4v) is 1.50. The molecule has 0 saturated heterocycles. The molecule has 0 N–H and O–H groups in total. The highest BCUT2D eigenvalue weighted by Gasteiger charge is 2.32. The van der Waals surface area contributed by atoms with Crippen LogP contribution in [0.25, 0.3) is 0 Å². The lowest BCUT2D eigenvalue weighted by Crippen LogP contribution is -2.11. The Labute approximate surface area is 106 Å². The van der Waals surface area contributed by atoms with E-state index in [2.05, 4.69) is 0 Å². The van der Waals surface area contributed by atoms with Gasteiger partial charge in [-0.05, 0) is 5.56 Å². The van der Waals surface area contributed by atoms with Gasteiger partial charge in [0.25, 0.3) is 5.69 Å². The Balaban J connectivity index is 3.06. The molecule has 1 aromatic carbocycles. The van der Waals surface area contributed by atoms with Crippen molar-refractivity contribution in [3.63, 3.8) is 0 Å². The van der Waals surface area contributed by atoms with Crippen LogP contribution in [0, 0.1) is 10.1 Å². The first-order valence-corrected chi connectivity index (χ1v) is 5.34. The maximum atomic E-state index is 10.5. The van der Waals surface area contributed by atoms with Gasteiger partial charge in [-0.3, -0.25) is 10.1 Å². The molecule has 1 aromatic rings. The minimum Gasteiger partial charge on any atom is -0.258 e. The summed E-state index contributed by atoms with van der Waals surface area (Å²) in [6.07, 6.45) is 0. The number of halogens is 4. The van der Waals surface area contributed by atoms with Crippen LogP contribution in [0.1, 0.15) is 10.9 Å². The smallest absolute Gasteiger partial charge is 0.258 e. The Kier molecular flexibility index (Phi) is 4.06. The highest BCUT2D eigenvalue weighted by molar-refractivity contribution is 6.70. The minimum absolute atomic E-state index is 0.0904. The van der Waals surface area contributed by atoms with Gasteiger partial charge in [-0.25, -0.2) is 0 Å². The highest BCUT2D eigenvalue weighted by Crippen LogP contribution is 2.44. The van der Waals surface area contributed by atoms with Gasteiger partial charge in [0.05, 0.1) is 4.92 Å². The molecular weight excluding hydrogens is 284 g/mol. The molecule has 0 aromatic heterocycles. The first-order chi connectivity index (χ1) is 6.82. The van der Waals surface area contributed by atoms with Crippen LogP contribution >= 0.6 is 46.4 Å². The average molecular weight is 289 g/mol. The van der Waals surface area contributed by atoms with Gasteiger partial charge in [-0.1, -0.05) is 46.9 Å². The van der Waals surface area contributed by atoms with Crippen LogP contribution in [0.15, 0.2) is 24.3 Å². The van der Waals surface area contributed by atoms with E-state index >= 15 is 0 Å². The number of nitrogens with zero attached hydrogens (tertiary/aromatic N) is 1. The molecule has 3 nitrogen and oxygen atoms in total. The van der Waals surface area contributed by atoms with Gasteiger partial charge in [0.15, 0.2) is 0 Å². The summed E-state index contributed by atoms with van der Waals surface area (Å²) < 4.78 is -1.70.